The van der Waals surface area contributed by atoms with Crippen LogP contribution in [0.1, 0.15) is 32.5 Å². The van der Waals surface area contributed by atoms with E-state index in [4.69, 9.17) is 4.98 Å². The van der Waals surface area contributed by atoms with Crippen LogP contribution in [0.4, 0.5) is 0 Å². The second kappa shape index (κ2) is 6.14. The minimum Gasteiger partial charge on any atom is -0.312 e. The number of nitrogens with zero attached hydrogens (tertiary/aromatic N) is 4. The molecule has 1 unspecified atom stereocenters. The Balaban J connectivity index is 1.90. The maximum atomic E-state index is 4.82. The Bertz CT molecular complexity index is 602. The molecule has 1 atom stereocenters. The van der Waals surface area contributed by atoms with Crippen LogP contribution in [0.25, 0.3) is 11.2 Å². The van der Waals surface area contributed by atoms with Crippen molar-refractivity contribution in [2.45, 2.75) is 39.7 Å². The van der Waals surface area contributed by atoms with Crippen molar-refractivity contribution in [3.8, 4) is 0 Å². The highest BCUT2D eigenvalue weighted by Gasteiger charge is 2.21. The summed E-state index contributed by atoms with van der Waals surface area (Å²) in [6, 6.07) is 4.06. The Morgan fingerprint density at radius 3 is 3.00 bits per heavy atom. The standard InChI is InChI=1S/C17H26N4/c1-13(2)10-16-19-15-7-4-8-18-17(15)21(16)12-14-6-5-9-20(3)11-14/h4,7-8,13-14H,5-6,9-12H2,1-3H3. The number of hydrogen-bond donors (Lipinski definition) is 0. The second-order valence-corrected chi connectivity index (χ2v) is 6.85. The lowest BCUT2D eigenvalue weighted by Gasteiger charge is -2.30. The molecule has 0 aromatic carbocycles. The molecular formula is C17H26N4. The largest absolute Gasteiger partial charge is 0.312 e. The van der Waals surface area contributed by atoms with Crippen molar-refractivity contribution < 1.29 is 0 Å². The molecule has 0 N–H and O–H groups in total. The average molecular weight is 286 g/mol. The van der Waals surface area contributed by atoms with Gasteiger partial charge in [0, 0.05) is 25.7 Å². The van der Waals surface area contributed by atoms with Gasteiger partial charge in [0.25, 0.3) is 0 Å². The molecule has 0 aliphatic carbocycles. The number of rotatable bonds is 4. The summed E-state index contributed by atoms with van der Waals surface area (Å²) in [5, 5.41) is 0. The summed E-state index contributed by atoms with van der Waals surface area (Å²) in [6.45, 7) is 7.99. The number of piperidine rings is 1. The van der Waals surface area contributed by atoms with Crippen molar-refractivity contribution in [1.82, 2.24) is 19.4 Å². The lowest BCUT2D eigenvalue weighted by molar-refractivity contribution is 0.194. The summed E-state index contributed by atoms with van der Waals surface area (Å²) >= 11 is 0. The van der Waals surface area contributed by atoms with Crippen LogP contribution < -0.4 is 0 Å². The maximum Gasteiger partial charge on any atom is 0.159 e. The molecule has 114 valence electrons. The highest BCUT2D eigenvalue weighted by atomic mass is 15.1. The van der Waals surface area contributed by atoms with Gasteiger partial charge < -0.3 is 9.47 Å². The number of imidazole rings is 1. The van der Waals surface area contributed by atoms with E-state index in [0.29, 0.717) is 11.8 Å². The zero-order valence-corrected chi connectivity index (χ0v) is 13.4. The third-order valence-corrected chi connectivity index (χ3v) is 4.34. The highest BCUT2D eigenvalue weighted by molar-refractivity contribution is 5.71. The fraction of sp³-hybridized carbons (Fsp3) is 0.647. The van der Waals surface area contributed by atoms with E-state index >= 15 is 0 Å². The van der Waals surface area contributed by atoms with Gasteiger partial charge in [-0.2, -0.15) is 0 Å². The summed E-state index contributed by atoms with van der Waals surface area (Å²) in [5.41, 5.74) is 2.10. The van der Waals surface area contributed by atoms with Crippen LogP contribution in [-0.4, -0.2) is 39.6 Å². The third-order valence-electron chi connectivity index (χ3n) is 4.34. The first-order chi connectivity index (χ1) is 10.1. The zero-order valence-electron chi connectivity index (χ0n) is 13.4. The topological polar surface area (TPSA) is 34.0 Å². The molecule has 1 fully saturated rings. The Labute approximate surface area is 127 Å². The van der Waals surface area contributed by atoms with Crippen LogP contribution in [0.5, 0.6) is 0 Å². The molecule has 1 aliphatic heterocycles. The SMILES string of the molecule is CC(C)Cc1nc2cccnc2n1CC1CCCN(C)C1. The molecule has 3 heterocycles. The summed E-state index contributed by atoms with van der Waals surface area (Å²) in [7, 11) is 2.23. The van der Waals surface area contributed by atoms with Crippen molar-refractivity contribution >= 4 is 11.2 Å². The number of fused-ring (bicyclic) bond motifs is 1. The van der Waals surface area contributed by atoms with Gasteiger partial charge in [0.2, 0.25) is 0 Å². The van der Waals surface area contributed by atoms with E-state index in [1.54, 1.807) is 0 Å². The monoisotopic (exact) mass is 286 g/mol. The van der Waals surface area contributed by atoms with Crippen molar-refractivity contribution in [3.05, 3.63) is 24.2 Å². The van der Waals surface area contributed by atoms with E-state index in [1.165, 1.54) is 31.8 Å². The summed E-state index contributed by atoms with van der Waals surface area (Å²) in [5.74, 6) is 2.54. The molecule has 1 aliphatic rings. The number of likely N-dealkylation sites (tertiary alicyclic amines) is 1. The van der Waals surface area contributed by atoms with Gasteiger partial charge in [-0.05, 0) is 50.4 Å². The van der Waals surface area contributed by atoms with Gasteiger partial charge in [-0.15, -0.1) is 0 Å². The molecule has 4 heteroatoms. The minimum atomic E-state index is 0.620. The molecule has 0 spiro atoms. The van der Waals surface area contributed by atoms with Gasteiger partial charge >= 0.3 is 0 Å². The van der Waals surface area contributed by atoms with Crippen LogP contribution in [-0.2, 0) is 13.0 Å². The van der Waals surface area contributed by atoms with E-state index in [-0.39, 0.29) is 0 Å². The first-order valence-electron chi connectivity index (χ1n) is 8.12. The van der Waals surface area contributed by atoms with Crippen LogP contribution in [0.15, 0.2) is 18.3 Å². The van der Waals surface area contributed by atoms with Crippen molar-refractivity contribution in [1.29, 1.82) is 0 Å². The van der Waals surface area contributed by atoms with Crippen molar-refractivity contribution in [2.24, 2.45) is 11.8 Å². The summed E-state index contributed by atoms with van der Waals surface area (Å²) in [6.07, 6.45) is 5.53. The Kier molecular flexibility index (Phi) is 4.24. The maximum absolute atomic E-state index is 4.82. The molecule has 1 saturated heterocycles. The predicted molar refractivity (Wildman–Crippen MR) is 86.3 cm³/mol. The fourth-order valence-electron chi connectivity index (χ4n) is 3.40. The van der Waals surface area contributed by atoms with Crippen molar-refractivity contribution in [3.63, 3.8) is 0 Å². The van der Waals surface area contributed by atoms with Gasteiger partial charge in [-0.1, -0.05) is 13.8 Å². The summed E-state index contributed by atoms with van der Waals surface area (Å²) in [4.78, 5) is 11.9. The van der Waals surface area contributed by atoms with Crippen LogP contribution >= 0.6 is 0 Å². The zero-order chi connectivity index (χ0) is 14.8. The third kappa shape index (κ3) is 3.26. The normalized spacial score (nSPS) is 20.5. The predicted octanol–water partition coefficient (Wildman–Crippen LogP) is 2.97. The number of aromatic nitrogens is 3. The Hall–Kier alpha value is -1.42. The molecule has 0 radical (unpaired) electrons. The van der Waals surface area contributed by atoms with Gasteiger partial charge in [0.1, 0.15) is 11.3 Å². The molecule has 3 rings (SSSR count). The summed E-state index contributed by atoms with van der Waals surface area (Å²) < 4.78 is 2.37. The minimum absolute atomic E-state index is 0.620. The van der Waals surface area contributed by atoms with E-state index < -0.39 is 0 Å². The molecular weight excluding hydrogens is 260 g/mol. The van der Waals surface area contributed by atoms with Gasteiger partial charge in [-0.3, -0.25) is 0 Å². The van der Waals surface area contributed by atoms with E-state index in [2.05, 4.69) is 41.4 Å². The first-order valence-corrected chi connectivity index (χ1v) is 8.12. The molecule has 2 aromatic heterocycles. The van der Waals surface area contributed by atoms with Crippen LogP contribution in [0.3, 0.4) is 0 Å². The smallest absolute Gasteiger partial charge is 0.159 e. The lowest BCUT2D eigenvalue weighted by atomic mass is 9.98. The van der Waals surface area contributed by atoms with Gasteiger partial charge in [-0.25, -0.2) is 9.97 Å². The molecule has 2 aromatic rings. The average Bonchev–Trinajstić information content (AvgIpc) is 2.76. The second-order valence-electron chi connectivity index (χ2n) is 6.85. The molecule has 21 heavy (non-hydrogen) atoms. The van der Waals surface area contributed by atoms with E-state index in [9.17, 15) is 0 Å². The molecule has 0 bridgehead atoms. The van der Waals surface area contributed by atoms with E-state index in [1.807, 2.05) is 12.3 Å². The Morgan fingerprint density at radius 1 is 1.38 bits per heavy atom. The first kappa shape index (κ1) is 14.5. The number of hydrogen-bond acceptors (Lipinski definition) is 3. The highest BCUT2D eigenvalue weighted by Crippen LogP contribution is 2.22. The van der Waals surface area contributed by atoms with E-state index in [0.717, 1.165) is 24.1 Å². The van der Waals surface area contributed by atoms with Crippen molar-refractivity contribution in [2.75, 3.05) is 20.1 Å². The molecule has 4 nitrogen and oxygen atoms in total. The fourth-order valence-corrected chi connectivity index (χ4v) is 3.40. The molecule has 0 saturated carbocycles. The van der Waals surface area contributed by atoms with Crippen LogP contribution in [0.2, 0.25) is 0 Å². The van der Waals surface area contributed by atoms with Gasteiger partial charge in [0.05, 0.1) is 0 Å². The van der Waals surface area contributed by atoms with Crippen LogP contribution in [0, 0.1) is 11.8 Å². The Morgan fingerprint density at radius 2 is 2.24 bits per heavy atom. The molecule has 0 amide bonds. The van der Waals surface area contributed by atoms with Gasteiger partial charge in [0.15, 0.2) is 5.65 Å². The quantitative estimate of drug-likeness (QED) is 0.866. The number of pyridine rings is 1. The lowest BCUT2D eigenvalue weighted by Crippen LogP contribution is -2.34.